The van der Waals surface area contributed by atoms with Crippen molar-refractivity contribution in [2.45, 2.75) is 96.8 Å². The Kier molecular flexibility index (Phi) is 16.7. The number of nitrogens with one attached hydrogen (secondary N) is 2. The van der Waals surface area contributed by atoms with Crippen molar-refractivity contribution in [1.29, 1.82) is 0 Å². The third-order valence-corrected chi connectivity index (χ3v) is 5.25. The SMILES string of the molecule is CCCCCCCCC=CCCCCCCCCNC(=S)Nc1ccccc1. The van der Waals surface area contributed by atoms with E-state index in [1.54, 1.807) is 0 Å². The summed E-state index contributed by atoms with van der Waals surface area (Å²) < 4.78 is 0. The number of rotatable bonds is 17. The summed E-state index contributed by atoms with van der Waals surface area (Å²) in [5.41, 5.74) is 1.04. The lowest BCUT2D eigenvalue weighted by atomic mass is 10.1. The first kappa shape index (κ1) is 24.7. The van der Waals surface area contributed by atoms with Gasteiger partial charge in [-0.1, -0.05) is 95.1 Å². The molecule has 1 aromatic carbocycles. The second kappa shape index (κ2) is 19.0. The Labute approximate surface area is 179 Å². The van der Waals surface area contributed by atoms with E-state index in [4.69, 9.17) is 12.2 Å². The first-order chi connectivity index (χ1) is 13.8. The molecule has 0 saturated heterocycles. The van der Waals surface area contributed by atoms with Crippen molar-refractivity contribution in [1.82, 2.24) is 5.32 Å². The summed E-state index contributed by atoms with van der Waals surface area (Å²) in [6.07, 6.45) is 23.6. The normalized spacial score (nSPS) is 11.0. The third-order valence-electron chi connectivity index (χ3n) is 5.01. The summed E-state index contributed by atoms with van der Waals surface area (Å²) in [6.45, 7) is 3.24. The van der Waals surface area contributed by atoms with Crippen LogP contribution in [0.15, 0.2) is 42.5 Å². The van der Waals surface area contributed by atoms with Crippen molar-refractivity contribution in [3.05, 3.63) is 42.5 Å². The molecule has 0 bridgehead atoms. The van der Waals surface area contributed by atoms with E-state index in [9.17, 15) is 0 Å². The minimum Gasteiger partial charge on any atom is -0.362 e. The number of benzene rings is 1. The van der Waals surface area contributed by atoms with E-state index in [0.717, 1.165) is 17.3 Å². The molecule has 158 valence electrons. The molecule has 0 saturated carbocycles. The van der Waals surface area contributed by atoms with Crippen LogP contribution in [0.25, 0.3) is 0 Å². The molecule has 1 aromatic rings. The maximum absolute atomic E-state index is 5.32. The zero-order valence-electron chi connectivity index (χ0n) is 18.1. The predicted octanol–water partition coefficient (Wildman–Crippen LogP) is 8.01. The first-order valence-corrected chi connectivity index (χ1v) is 12.0. The van der Waals surface area contributed by atoms with Crippen molar-refractivity contribution in [3.63, 3.8) is 0 Å². The topological polar surface area (TPSA) is 24.1 Å². The van der Waals surface area contributed by atoms with Gasteiger partial charge in [-0.05, 0) is 56.5 Å². The molecule has 0 heterocycles. The van der Waals surface area contributed by atoms with Gasteiger partial charge in [-0.25, -0.2) is 0 Å². The van der Waals surface area contributed by atoms with Gasteiger partial charge in [0.1, 0.15) is 0 Å². The predicted molar refractivity (Wildman–Crippen MR) is 130 cm³/mol. The summed E-state index contributed by atoms with van der Waals surface area (Å²) in [6, 6.07) is 10.1. The van der Waals surface area contributed by atoms with E-state index in [2.05, 4.69) is 29.7 Å². The smallest absolute Gasteiger partial charge is 0.170 e. The molecule has 0 spiro atoms. The molecule has 28 heavy (non-hydrogen) atoms. The van der Waals surface area contributed by atoms with Crippen LogP contribution < -0.4 is 10.6 Å². The molecule has 0 aliphatic rings. The average Bonchev–Trinajstić information content (AvgIpc) is 2.71. The van der Waals surface area contributed by atoms with Gasteiger partial charge in [0.15, 0.2) is 5.11 Å². The zero-order chi connectivity index (χ0) is 20.1. The summed E-state index contributed by atoms with van der Waals surface area (Å²) >= 11 is 5.32. The Bertz CT molecular complexity index is 499. The van der Waals surface area contributed by atoms with Crippen LogP contribution in [0.4, 0.5) is 5.69 Å². The van der Waals surface area contributed by atoms with Crippen molar-refractivity contribution in [2.24, 2.45) is 0 Å². The largest absolute Gasteiger partial charge is 0.362 e. The summed E-state index contributed by atoms with van der Waals surface area (Å²) in [5, 5.41) is 7.22. The first-order valence-electron chi connectivity index (χ1n) is 11.6. The Balaban J connectivity index is 1.79. The van der Waals surface area contributed by atoms with Gasteiger partial charge in [-0.15, -0.1) is 0 Å². The number of unbranched alkanes of at least 4 members (excludes halogenated alkanes) is 12. The van der Waals surface area contributed by atoms with E-state index in [1.165, 1.54) is 89.9 Å². The minimum absolute atomic E-state index is 0.721. The average molecular weight is 403 g/mol. The van der Waals surface area contributed by atoms with Crippen LogP contribution in [-0.2, 0) is 0 Å². The lowest BCUT2D eigenvalue weighted by molar-refractivity contribution is 0.592. The molecule has 0 fully saturated rings. The van der Waals surface area contributed by atoms with Crippen LogP contribution in [0.5, 0.6) is 0 Å². The fourth-order valence-corrected chi connectivity index (χ4v) is 3.49. The number of para-hydroxylation sites is 1. The highest BCUT2D eigenvalue weighted by atomic mass is 32.1. The number of allylic oxidation sites excluding steroid dienone is 2. The number of anilines is 1. The lowest BCUT2D eigenvalue weighted by Gasteiger charge is -2.10. The Morgan fingerprint density at radius 3 is 1.89 bits per heavy atom. The highest BCUT2D eigenvalue weighted by molar-refractivity contribution is 7.80. The van der Waals surface area contributed by atoms with E-state index < -0.39 is 0 Å². The molecule has 2 nitrogen and oxygen atoms in total. The molecule has 2 N–H and O–H groups in total. The Morgan fingerprint density at radius 2 is 1.29 bits per heavy atom. The highest BCUT2D eigenvalue weighted by Crippen LogP contribution is 2.10. The molecule has 0 aromatic heterocycles. The number of hydrogen-bond acceptors (Lipinski definition) is 1. The molecular formula is C25H42N2S. The van der Waals surface area contributed by atoms with Crippen LogP contribution in [0, 0.1) is 0 Å². The lowest BCUT2D eigenvalue weighted by Crippen LogP contribution is -2.29. The van der Waals surface area contributed by atoms with Crippen molar-refractivity contribution in [2.75, 3.05) is 11.9 Å². The van der Waals surface area contributed by atoms with E-state index in [1.807, 2.05) is 30.3 Å². The van der Waals surface area contributed by atoms with E-state index >= 15 is 0 Å². The summed E-state index contributed by atoms with van der Waals surface area (Å²) in [7, 11) is 0. The Hall–Kier alpha value is -1.35. The van der Waals surface area contributed by atoms with Crippen LogP contribution in [0.2, 0.25) is 0 Å². The monoisotopic (exact) mass is 402 g/mol. The number of hydrogen-bond donors (Lipinski definition) is 2. The second-order valence-electron chi connectivity index (χ2n) is 7.68. The number of thiocarbonyl (C=S) groups is 1. The van der Waals surface area contributed by atoms with Gasteiger partial charge in [-0.2, -0.15) is 0 Å². The molecule has 0 radical (unpaired) electrons. The zero-order valence-corrected chi connectivity index (χ0v) is 18.9. The molecule has 1 rings (SSSR count). The van der Waals surface area contributed by atoms with Gasteiger partial charge in [0.25, 0.3) is 0 Å². The summed E-state index contributed by atoms with van der Waals surface area (Å²) in [4.78, 5) is 0. The van der Waals surface area contributed by atoms with Crippen LogP contribution >= 0.6 is 12.2 Å². The fraction of sp³-hybridized carbons (Fsp3) is 0.640. The van der Waals surface area contributed by atoms with Gasteiger partial charge in [0, 0.05) is 12.2 Å². The maximum Gasteiger partial charge on any atom is 0.170 e. The van der Waals surface area contributed by atoms with Crippen molar-refractivity contribution >= 4 is 23.0 Å². The summed E-state index contributed by atoms with van der Waals surface area (Å²) in [5.74, 6) is 0. The van der Waals surface area contributed by atoms with Crippen molar-refractivity contribution in [3.8, 4) is 0 Å². The van der Waals surface area contributed by atoms with Crippen LogP contribution in [0.3, 0.4) is 0 Å². The van der Waals surface area contributed by atoms with Gasteiger partial charge in [0.05, 0.1) is 0 Å². The molecule has 0 aliphatic heterocycles. The van der Waals surface area contributed by atoms with Gasteiger partial charge in [0.2, 0.25) is 0 Å². The molecule has 0 aliphatic carbocycles. The molecular weight excluding hydrogens is 360 g/mol. The van der Waals surface area contributed by atoms with Crippen LogP contribution in [-0.4, -0.2) is 11.7 Å². The molecule has 0 unspecified atom stereocenters. The molecule has 3 heteroatoms. The minimum atomic E-state index is 0.721. The Morgan fingerprint density at radius 1 is 0.750 bits per heavy atom. The van der Waals surface area contributed by atoms with Gasteiger partial charge >= 0.3 is 0 Å². The molecule has 0 amide bonds. The van der Waals surface area contributed by atoms with E-state index in [-0.39, 0.29) is 0 Å². The standard InChI is InChI=1S/C25H42N2S/c1-2-3-4-5-6-7-8-9-10-11-12-13-14-15-16-20-23-26-25(28)27-24-21-18-17-19-22-24/h9-10,17-19,21-22H,2-8,11-16,20,23H2,1H3,(H2,26,27,28). The fourth-order valence-electron chi connectivity index (χ4n) is 3.27. The maximum atomic E-state index is 5.32. The highest BCUT2D eigenvalue weighted by Gasteiger charge is 1.96. The van der Waals surface area contributed by atoms with Crippen LogP contribution in [0.1, 0.15) is 96.8 Å². The van der Waals surface area contributed by atoms with Gasteiger partial charge in [-0.3, -0.25) is 0 Å². The van der Waals surface area contributed by atoms with E-state index in [0.29, 0.717) is 0 Å². The second-order valence-corrected chi connectivity index (χ2v) is 8.09. The van der Waals surface area contributed by atoms with Gasteiger partial charge < -0.3 is 10.6 Å². The third kappa shape index (κ3) is 15.7. The quantitative estimate of drug-likeness (QED) is 0.157. The van der Waals surface area contributed by atoms with Crippen molar-refractivity contribution < 1.29 is 0 Å². The molecule has 0 atom stereocenters.